The molecule has 2 aromatic carbocycles. The number of halogens is 1. The van der Waals surface area contributed by atoms with Crippen LogP contribution in [-0.4, -0.2) is 16.1 Å². The van der Waals surface area contributed by atoms with Gasteiger partial charge in [0.05, 0.1) is 5.56 Å². The van der Waals surface area contributed by atoms with E-state index >= 15 is 0 Å². The van der Waals surface area contributed by atoms with E-state index in [1.165, 1.54) is 34.6 Å². The molecule has 0 atom stereocenters. The van der Waals surface area contributed by atoms with Gasteiger partial charge in [-0.25, -0.2) is 4.39 Å². The molecule has 0 saturated heterocycles. The Labute approximate surface area is 166 Å². The predicted molar refractivity (Wildman–Crippen MR) is 109 cm³/mol. The minimum atomic E-state index is -0.562. The number of carbonyl (C=O) groups excluding carboxylic acids is 1. The van der Waals surface area contributed by atoms with E-state index in [-0.39, 0.29) is 11.0 Å². The normalized spacial score (nSPS) is 11.4. The lowest BCUT2D eigenvalue weighted by Gasteiger charge is -2.19. The number of benzene rings is 2. The number of nitrogens with one attached hydrogen (secondary N) is 1. The van der Waals surface area contributed by atoms with Crippen LogP contribution in [0, 0.1) is 5.82 Å². The van der Waals surface area contributed by atoms with Crippen LogP contribution in [0.4, 0.5) is 9.52 Å². The zero-order valence-corrected chi connectivity index (χ0v) is 17.0. The summed E-state index contributed by atoms with van der Waals surface area (Å²) in [7, 11) is 0. The van der Waals surface area contributed by atoms with Crippen molar-refractivity contribution in [3.63, 3.8) is 0 Å². The van der Waals surface area contributed by atoms with Gasteiger partial charge in [-0.05, 0) is 28.7 Å². The molecule has 0 aliphatic carbocycles. The Kier molecular flexibility index (Phi) is 5.92. The number of anilines is 1. The van der Waals surface area contributed by atoms with Gasteiger partial charge in [0.2, 0.25) is 5.13 Å². The van der Waals surface area contributed by atoms with Crippen molar-refractivity contribution >= 4 is 34.1 Å². The summed E-state index contributed by atoms with van der Waals surface area (Å²) < 4.78 is 14.4. The molecule has 0 spiro atoms. The average Bonchev–Trinajstić information content (AvgIpc) is 3.07. The Bertz CT molecular complexity index is 933. The molecule has 0 saturated carbocycles. The van der Waals surface area contributed by atoms with Crippen LogP contribution in [-0.2, 0) is 11.2 Å². The van der Waals surface area contributed by atoms with Gasteiger partial charge in [-0.2, -0.15) is 0 Å². The van der Waals surface area contributed by atoms with Crippen molar-refractivity contribution < 1.29 is 9.18 Å². The first-order valence-corrected chi connectivity index (χ1v) is 10.2. The largest absolute Gasteiger partial charge is 0.296 e. The van der Waals surface area contributed by atoms with E-state index in [4.69, 9.17) is 0 Å². The smallest absolute Gasteiger partial charge is 0.260 e. The molecule has 0 aliphatic heterocycles. The third-order valence-corrected chi connectivity index (χ3v) is 5.97. The van der Waals surface area contributed by atoms with E-state index in [9.17, 15) is 9.18 Å². The second-order valence-corrected chi connectivity index (χ2v) is 9.24. The van der Waals surface area contributed by atoms with Gasteiger partial charge in [0, 0.05) is 5.75 Å². The van der Waals surface area contributed by atoms with E-state index in [1.54, 1.807) is 23.9 Å². The summed E-state index contributed by atoms with van der Waals surface area (Å²) in [4.78, 5) is 12.1. The van der Waals surface area contributed by atoms with E-state index in [2.05, 4.69) is 60.6 Å². The first-order chi connectivity index (χ1) is 12.8. The Morgan fingerprint density at radius 1 is 1.11 bits per heavy atom. The van der Waals surface area contributed by atoms with Crippen molar-refractivity contribution in [2.45, 2.75) is 36.3 Å². The van der Waals surface area contributed by atoms with Crippen LogP contribution in [0.3, 0.4) is 0 Å². The maximum Gasteiger partial charge on any atom is 0.260 e. The summed E-state index contributed by atoms with van der Waals surface area (Å²) in [5.74, 6) is -0.327. The van der Waals surface area contributed by atoms with Gasteiger partial charge in [-0.15, -0.1) is 10.2 Å². The Hall–Kier alpha value is -2.25. The van der Waals surface area contributed by atoms with Crippen molar-refractivity contribution in [2.75, 3.05) is 5.32 Å². The van der Waals surface area contributed by atoms with Gasteiger partial charge in [0.25, 0.3) is 5.91 Å². The first-order valence-electron chi connectivity index (χ1n) is 8.44. The van der Waals surface area contributed by atoms with Gasteiger partial charge in [-0.1, -0.05) is 80.3 Å². The molecule has 0 bridgehead atoms. The molecule has 0 radical (unpaired) electrons. The number of amides is 1. The first kappa shape index (κ1) is 19.5. The van der Waals surface area contributed by atoms with Crippen LogP contribution in [0.15, 0.2) is 52.9 Å². The molecule has 4 nitrogen and oxygen atoms in total. The molecule has 1 heterocycles. The van der Waals surface area contributed by atoms with Crippen LogP contribution < -0.4 is 5.32 Å². The summed E-state index contributed by atoms with van der Waals surface area (Å²) in [5.41, 5.74) is 2.61. The zero-order valence-electron chi connectivity index (χ0n) is 15.3. The quantitative estimate of drug-likeness (QED) is 0.452. The topological polar surface area (TPSA) is 54.9 Å². The Morgan fingerprint density at radius 3 is 2.48 bits per heavy atom. The highest BCUT2D eigenvalue weighted by Crippen LogP contribution is 2.29. The molecular weight excluding hydrogens is 381 g/mol. The van der Waals surface area contributed by atoms with Crippen LogP contribution in [0.5, 0.6) is 0 Å². The Morgan fingerprint density at radius 2 is 1.81 bits per heavy atom. The number of aromatic nitrogens is 2. The lowest BCUT2D eigenvalue weighted by Crippen LogP contribution is -2.13. The fourth-order valence-corrected chi connectivity index (χ4v) is 4.08. The maximum atomic E-state index is 13.7. The van der Waals surface area contributed by atoms with Crippen LogP contribution in [0.1, 0.15) is 42.3 Å². The second kappa shape index (κ2) is 8.19. The van der Waals surface area contributed by atoms with Gasteiger partial charge in [0.15, 0.2) is 4.34 Å². The minimum absolute atomic E-state index is 0.0131. The third kappa shape index (κ3) is 5.14. The highest BCUT2D eigenvalue weighted by Gasteiger charge is 2.15. The van der Waals surface area contributed by atoms with Crippen molar-refractivity contribution in [2.24, 2.45) is 0 Å². The lowest BCUT2D eigenvalue weighted by molar-refractivity contribution is 0.102. The van der Waals surface area contributed by atoms with Gasteiger partial charge >= 0.3 is 0 Å². The number of nitrogens with zero attached hydrogens (tertiary/aromatic N) is 2. The van der Waals surface area contributed by atoms with E-state index in [1.807, 2.05) is 0 Å². The van der Waals surface area contributed by atoms with Crippen molar-refractivity contribution in [1.29, 1.82) is 0 Å². The second-order valence-electron chi connectivity index (χ2n) is 7.04. The Balaban J connectivity index is 1.58. The minimum Gasteiger partial charge on any atom is -0.296 e. The van der Waals surface area contributed by atoms with Crippen molar-refractivity contribution in [3.8, 4) is 0 Å². The average molecular weight is 402 g/mol. The monoisotopic (exact) mass is 401 g/mol. The zero-order chi connectivity index (χ0) is 19.4. The summed E-state index contributed by atoms with van der Waals surface area (Å²) in [6.07, 6.45) is 0. The highest BCUT2D eigenvalue weighted by molar-refractivity contribution is 8.00. The number of hydrogen-bond donors (Lipinski definition) is 1. The van der Waals surface area contributed by atoms with E-state index in [0.29, 0.717) is 5.13 Å². The molecule has 1 amide bonds. The number of rotatable bonds is 5. The number of hydrogen-bond acceptors (Lipinski definition) is 5. The molecule has 3 aromatic rings. The third-order valence-electron chi connectivity index (χ3n) is 3.93. The maximum absolute atomic E-state index is 13.7. The molecule has 140 valence electrons. The summed E-state index contributed by atoms with van der Waals surface area (Å²) >= 11 is 2.83. The van der Waals surface area contributed by atoms with E-state index < -0.39 is 11.7 Å². The predicted octanol–water partition coefficient (Wildman–Crippen LogP) is 5.52. The van der Waals surface area contributed by atoms with Crippen LogP contribution in [0.25, 0.3) is 0 Å². The molecule has 27 heavy (non-hydrogen) atoms. The van der Waals surface area contributed by atoms with Gasteiger partial charge in [0.1, 0.15) is 5.82 Å². The van der Waals surface area contributed by atoms with E-state index in [0.717, 1.165) is 10.1 Å². The number of carbonyl (C=O) groups is 1. The summed E-state index contributed by atoms with van der Waals surface area (Å²) in [6.45, 7) is 6.57. The molecule has 0 aliphatic rings. The molecule has 3 rings (SSSR count). The van der Waals surface area contributed by atoms with Crippen LogP contribution in [0.2, 0.25) is 0 Å². The van der Waals surface area contributed by atoms with Crippen molar-refractivity contribution in [3.05, 3.63) is 71.0 Å². The molecule has 0 fully saturated rings. The lowest BCUT2D eigenvalue weighted by atomic mass is 9.87. The molecule has 7 heteroatoms. The van der Waals surface area contributed by atoms with Crippen LogP contribution >= 0.6 is 23.1 Å². The standard InChI is InChI=1S/C20H20FN3OS2/c1-20(2,3)14-10-8-13(9-11-14)12-26-19-24-23-18(27-19)22-17(25)15-6-4-5-7-16(15)21/h4-11H,12H2,1-3H3,(H,22,23,25). The fourth-order valence-electron chi connectivity index (χ4n) is 2.37. The molecule has 1 N–H and O–H groups in total. The molecule has 0 unspecified atom stereocenters. The summed E-state index contributed by atoms with van der Waals surface area (Å²) in [5, 5.41) is 11.0. The molecular formula is C20H20FN3OS2. The van der Waals surface area contributed by atoms with Gasteiger partial charge < -0.3 is 0 Å². The SMILES string of the molecule is CC(C)(C)c1ccc(CSc2nnc(NC(=O)c3ccccc3F)s2)cc1. The highest BCUT2D eigenvalue weighted by atomic mass is 32.2. The van der Waals surface area contributed by atoms with Crippen molar-refractivity contribution in [1.82, 2.24) is 10.2 Å². The summed E-state index contributed by atoms with van der Waals surface area (Å²) in [6, 6.07) is 14.4. The molecule has 1 aromatic heterocycles. The fraction of sp³-hybridized carbons (Fsp3) is 0.250. The number of thioether (sulfide) groups is 1. The van der Waals surface area contributed by atoms with Gasteiger partial charge in [-0.3, -0.25) is 10.1 Å².